The molecule has 0 aliphatic heterocycles. The molecule has 1 unspecified atom stereocenters. The Balaban J connectivity index is 1.31. The first kappa shape index (κ1) is 22.2. The molecular weight excluding hydrogens is 473 g/mol. The molecule has 0 bridgehead atoms. The number of carbonyl (C=O) groups is 1. The average molecular weight is 494 g/mol. The van der Waals surface area contributed by atoms with Crippen molar-refractivity contribution in [3.63, 3.8) is 0 Å². The van der Waals surface area contributed by atoms with E-state index in [1.807, 2.05) is 35.0 Å². The number of hydrogen-bond donors (Lipinski definition) is 1. The number of carbonyl (C=O) groups excluding carboxylic acids is 1. The van der Waals surface area contributed by atoms with E-state index >= 15 is 0 Å². The average Bonchev–Trinajstić information content (AvgIpc) is 3.57. The smallest absolute Gasteiger partial charge is 0.267 e. The second-order valence-corrected chi connectivity index (χ2v) is 9.78. The zero-order chi connectivity index (χ0) is 23.8. The van der Waals surface area contributed by atoms with Crippen LogP contribution in [0, 0.1) is 12.7 Å². The molecule has 0 saturated carbocycles. The molecule has 5 rings (SSSR count). The fraction of sp³-hybridized carbons (Fsp3) is 0.167. The predicted molar refractivity (Wildman–Crippen MR) is 132 cm³/mol. The fourth-order valence-electron chi connectivity index (χ4n) is 3.60. The van der Waals surface area contributed by atoms with Gasteiger partial charge in [0, 0.05) is 28.4 Å². The Morgan fingerprint density at radius 2 is 1.94 bits per heavy atom. The van der Waals surface area contributed by atoms with Crippen LogP contribution < -0.4 is 10.9 Å². The van der Waals surface area contributed by atoms with E-state index in [9.17, 15) is 14.0 Å². The van der Waals surface area contributed by atoms with Crippen LogP contribution in [0.3, 0.4) is 0 Å². The van der Waals surface area contributed by atoms with Gasteiger partial charge in [-0.1, -0.05) is 17.4 Å². The van der Waals surface area contributed by atoms with Gasteiger partial charge >= 0.3 is 0 Å². The molecule has 7 nitrogen and oxygen atoms in total. The second-order valence-electron chi connectivity index (χ2n) is 7.77. The number of aryl methyl sites for hydroxylation is 1. The molecule has 1 atom stereocenters. The molecule has 172 valence electrons. The zero-order valence-corrected chi connectivity index (χ0v) is 20.0. The van der Waals surface area contributed by atoms with E-state index in [2.05, 4.69) is 15.4 Å². The number of aromatic nitrogens is 4. The van der Waals surface area contributed by atoms with Gasteiger partial charge in [0.05, 0.1) is 17.1 Å². The van der Waals surface area contributed by atoms with Crippen molar-refractivity contribution in [3.05, 3.63) is 86.8 Å². The quantitative estimate of drug-likeness (QED) is 0.373. The summed E-state index contributed by atoms with van der Waals surface area (Å²) in [5.41, 5.74) is 2.88. The summed E-state index contributed by atoms with van der Waals surface area (Å²) in [5, 5.41) is 9.25. The van der Waals surface area contributed by atoms with Crippen LogP contribution in [0.4, 0.5) is 4.39 Å². The van der Waals surface area contributed by atoms with E-state index in [1.54, 1.807) is 25.1 Å². The third-order valence-electron chi connectivity index (χ3n) is 5.56. The normalized spacial score (nSPS) is 12.2. The maximum absolute atomic E-state index is 13.2. The Kier molecular flexibility index (Phi) is 5.84. The lowest BCUT2D eigenvalue weighted by molar-refractivity contribution is -0.124. The molecule has 0 saturated heterocycles. The van der Waals surface area contributed by atoms with Crippen molar-refractivity contribution in [1.29, 1.82) is 0 Å². The first-order valence-electron chi connectivity index (χ1n) is 10.6. The molecule has 0 aliphatic carbocycles. The standard InChI is InChI=1S/C24H20FN5O2S2/c1-14-21(34-24-27-19(13-29(14)24)16-5-7-17(25)8-6-16)12-26-23(32)15(2)30-22(31)10-9-18(28-30)20-4-3-11-33-20/h3-11,13,15H,12H2,1-2H3,(H,26,32). The van der Waals surface area contributed by atoms with Gasteiger partial charge in [-0.2, -0.15) is 5.10 Å². The highest BCUT2D eigenvalue weighted by atomic mass is 32.1. The number of benzene rings is 1. The highest BCUT2D eigenvalue weighted by molar-refractivity contribution is 7.17. The van der Waals surface area contributed by atoms with Gasteiger partial charge in [0.25, 0.3) is 5.56 Å². The topological polar surface area (TPSA) is 81.3 Å². The molecule has 4 aromatic heterocycles. The van der Waals surface area contributed by atoms with E-state index in [4.69, 9.17) is 0 Å². The zero-order valence-electron chi connectivity index (χ0n) is 18.4. The van der Waals surface area contributed by atoms with Crippen LogP contribution in [0.1, 0.15) is 23.5 Å². The van der Waals surface area contributed by atoms with E-state index < -0.39 is 6.04 Å². The Morgan fingerprint density at radius 3 is 2.65 bits per heavy atom. The van der Waals surface area contributed by atoms with Crippen molar-refractivity contribution in [1.82, 2.24) is 24.5 Å². The summed E-state index contributed by atoms with van der Waals surface area (Å²) in [7, 11) is 0. The lowest BCUT2D eigenvalue weighted by atomic mass is 10.2. The monoisotopic (exact) mass is 493 g/mol. The number of hydrogen-bond acceptors (Lipinski definition) is 6. The Bertz CT molecular complexity index is 1530. The maximum Gasteiger partial charge on any atom is 0.267 e. The largest absolute Gasteiger partial charge is 0.349 e. The molecule has 1 amide bonds. The predicted octanol–water partition coefficient (Wildman–Crippen LogP) is 4.67. The van der Waals surface area contributed by atoms with Crippen molar-refractivity contribution in [2.75, 3.05) is 0 Å². The van der Waals surface area contributed by atoms with Crippen LogP contribution in [0.2, 0.25) is 0 Å². The molecule has 10 heteroatoms. The van der Waals surface area contributed by atoms with E-state index in [1.165, 1.54) is 45.6 Å². The summed E-state index contributed by atoms with van der Waals surface area (Å²) in [6.07, 6.45) is 1.90. The number of thiazole rings is 1. The van der Waals surface area contributed by atoms with E-state index in [-0.39, 0.29) is 17.3 Å². The Hall–Kier alpha value is -3.63. The van der Waals surface area contributed by atoms with Crippen molar-refractivity contribution in [2.24, 2.45) is 0 Å². The highest BCUT2D eigenvalue weighted by Gasteiger charge is 2.20. The summed E-state index contributed by atoms with van der Waals surface area (Å²) in [5.74, 6) is -0.584. The van der Waals surface area contributed by atoms with E-state index in [0.29, 0.717) is 12.2 Å². The number of fused-ring (bicyclic) bond motifs is 1. The van der Waals surface area contributed by atoms with Crippen molar-refractivity contribution >= 4 is 33.5 Å². The number of nitrogens with zero attached hydrogens (tertiary/aromatic N) is 4. The molecular formula is C24H20FN5O2S2. The number of amides is 1. The SMILES string of the molecule is Cc1c(CNC(=O)C(C)n2nc(-c3cccs3)ccc2=O)sc2nc(-c3ccc(F)cc3)cn12. The fourth-order valence-corrected chi connectivity index (χ4v) is 5.34. The number of halogens is 1. The van der Waals surface area contributed by atoms with Gasteiger partial charge in [-0.3, -0.25) is 14.0 Å². The first-order valence-corrected chi connectivity index (χ1v) is 12.2. The van der Waals surface area contributed by atoms with Crippen molar-refractivity contribution in [2.45, 2.75) is 26.4 Å². The molecule has 0 fully saturated rings. The third kappa shape index (κ3) is 4.17. The van der Waals surface area contributed by atoms with Gasteiger partial charge in [-0.25, -0.2) is 14.1 Å². The molecule has 5 aromatic rings. The van der Waals surface area contributed by atoms with Crippen LogP contribution in [-0.2, 0) is 11.3 Å². The minimum atomic E-state index is -0.762. The van der Waals surface area contributed by atoms with Gasteiger partial charge in [-0.15, -0.1) is 11.3 Å². The van der Waals surface area contributed by atoms with Crippen molar-refractivity contribution < 1.29 is 9.18 Å². The van der Waals surface area contributed by atoms with Gasteiger partial charge in [0.2, 0.25) is 5.91 Å². The molecule has 1 N–H and O–H groups in total. The number of rotatable bonds is 6. The lowest BCUT2D eigenvalue weighted by Crippen LogP contribution is -2.36. The summed E-state index contributed by atoms with van der Waals surface area (Å²) in [6, 6.07) is 12.4. The Labute approximate surface area is 202 Å². The second kappa shape index (κ2) is 8.96. The molecule has 0 spiro atoms. The highest BCUT2D eigenvalue weighted by Crippen LogP contribution is 2.27. The van der Waals surface area contributed by atoms with Crippen LogP contribution >= 0.6 is 22.7 Å². The molecule has 0 aliphatic rings. The van der Waals surface area contributed by atoms with Gasteiger partial charge in [0.1, 0.15) is 17.6 Å². The van der Waals surface area contributed by atoms with Gasteiger partial charge < -0.3 is 5.32 Å². The third-order valence-corrected chi connectivity index (χ3v) is 7.61. The minimum Gasteiger partial charge on any atom is -0.349 e. The van der Waals surface area contributed by atoms with Crippen LogP contribution in [0.15, 0.2) is 64.9 Å². The molecule has 34 heavy (non-hydrogen) atoms. The first-order chi connectivity index (χ1) is 16.4. The van der Waals surface area contributed by atoms with E-state index in [0.717, 1.165) is 31.7 Å². The van der Waals surface area contributed by atoms with Crippen LogP contribution in [0.5, 0.6) is 0 Å². The number of nitrogens with one attached hydrogen (secondary N) is 1. The van der Waals surface area contributed by atoms with Crippen LogP contribution in [-0.4, -0.2) is 25.1 Å². The lowest BCUT2D eigenvalue weighted by Gasteiger charge is -2.14. The summed E-state index contributed by atoms with van der Waals surface area (Å²) < 4.78 is 16.4. The van der Waals surface area contributed by atoms with Gasteiger partial charge in [-0.05, 0) is 55.6 Å². The maximum atomic E-state index is 13.2. The number of imidazole rings is 1. The van der Waals surface area contributed by atoms with Crippen LogP contribution in [0.25, 0.3) is 26.8 Å². The molecule has 4 heterocycles. The summed E-state index contributed by atoms with van der Waals surface area (Å²) in [6.45, 7) is 3.93. The number of thiophene rings is 1. The van der Waals surface area contributed by atoms with Gasteiger partial charge in [0.15, 0.2) is 4.96 Å². The molecule has 0 radical (unpaired) electrons. The summed E-state index contributed by atoms with van der Waals surface area (Å²) >= 11 is 3.00. The minimum absolute atomic E-state index is 0.288. The molecule has 1 aromatic carbocycles. The Morgan fingerprint density at radius 1 is 1.15 bits per heavy atom. The summed E-state index contributed by atoms with van der Waals surface area (Å²) in [4.78, 5) is 32.5. The van der Waals surface area contributed by atoms with Crippen molar-refractivity contribution in [3.8, 4) is 21.8 Å².